The zero-order valence-electron chi connectivity index (χ0n) is 30.1. The number of nitriles is 1. The molecule has 264 valence electrons. The molecular formula is C40H47FN4O5. The largest absolute Gasteiger partial charge is 0.490 e. The van der Waals surface area contributed by atoms with Crippen LogP contribution in [-0.2, 0) is 19.0 Å². The first-order chi connectivity index (χ1) is 23.8. The van der Waals surface area contributed by atoms with Crippen molar-refractivity contribution in [3.8, 4) is 34.2 Å². The number of methoxy groups -OCH3 is 1. The van der Waals surface area contributed by atoms with Gasteiger partial charge in [0.15, 0.2) is 11.8 Å². The zero-order valence-corrected chi connectivity index (χ0v) is 30.1. The highest BCUT2D eigenvalue weighted by atomic mass is 19.1. The number of piperidine rings is 1. The van der Waals surface area contributed by atoms with Gasteiger partial charge in [-0.25, -0.2) is 14.2 Å². The van der Waals surface area contributed by atoms with Gasteiger partial charge in [-0.3, -0.25) is 4.40 Å². The molecule has 0 amide bonds. The SMILES string of the molecule is COC(=O)C(OC(C)(C)C)c1c(C)c(C#N)c2nc3cn2c1N1CCC(C)(CC1)OCCCCC(C)Oc1ccc(F)cc1-c1cccc-3c1. The second kappa shape index (κ2) is 14.0. The lowest BCUT2D eigenvalue weighted by atomic mass is 9.91. The summed E-state index contributed by atoms with van der Waals surface area (Å²) in [5.74, 6) is 0.439. The van der Waals surface area contributed by atoms with E-state index in [-0.39, 0.29) is 17.5 Å². The van der Waals surface area contributed by atoms with Crippen molar-refractivity contribution in [1.82, 2.24) is 9.38 Å². The van der Waals surface area contributed by atoms with Crippen molar-refractivity contribution in [2.24, 2.45) is 0 Å². The molecule has 6 bridgehead atoms. The molecule has 3 aliphatic heterocycles. The lowest BCUT2D eigenvalue weighted by Gasteiger charge is -2.42. The van der Waals surface area contributed by atoms with Gasteiger partial charge in [0, 0.05) is 42.6 Å². The van der Waals surface area contributed by atoms with Crippen LogP contribution < -0.4 is 9.64 Å². The van der Waals surface area contributed by atoms with Crippen LogP contribution in [0.1, 0.15) is 89.5 Å². The molecule has 5 heterocycles. The number of anilines is 1. The van der Waals surface area contributed by atoms with Crippen LogP contribution in [-0.4, -0.2) is 59.5 Å². The Hall–Kier alpha value is -4.46. The molecule has 7 rings (SSSR count). The molecule has 0 saturated carbocycles. The maximum atomic E-state index is 14.7. The first-order valence-corrected chi connectivity index (χ1v) is 17.5. The molecule has 0 aliphatic carbocycles. The van der Waals surface area contributed by atoms with E-state index in [4.69, 9.17) is 23.9 Å². The van der Waals surface area contributed by atoms with Gasteiger partial charge in [0.2, 0.25) is 0 Å². The molecule has 2 unspecified atom stereocenters. The summed E-state index contributed by atoms with van der Waals surface area (Å²) in [6, 6.07) is 14.7. The van der Waals surface area contributed by atoms with Crippen molar-refractivity contribution < 1.29 is 28.1 Å². The molecule has 9 nitrogen and oxygen atoms in total. The molecular weight excluding hydrogens is 635 g/mol. The summed E-state index contributed by atoms with van der Waals surface area (Å²) in [5, 5.41) is 10.6. The van der Waals surface area contributed by atoms with E-state index in [0.29, 0.717) is 59.0 Å². The average Bonchev–Trinajstić information content (AvgIpc) is 3.52. The van der Waals surface area contributed by atoms with Gasteiger partial charge < -0.3 is 23.8 Å². The van der Waals surface area contributed by atoms with Crippen LogP contribution in [0, 0.1) is 24.1 Å². The van der Waals surface area contributed by atoms with Crippen LogP contribution in [0.25, 0.3) is 28.0 Å². The van der Waals surface area contributed by atoms with Crippen molar-refractivity contribution in [1.29, 1.82) is 5.26 Å². The predicted molar refractivity (Wildman–Crippen MR) is 191 cm³/mol. The van der Waals surface area contributed by atoms with E-state index in [1.54, 1.807) is 6.07 Å². The highest BCUT2D eigenvalue weighted by Crippen LogP contribution is 2.42. The molecule has 1 saturated heterocycles. The van der Waals surface area contributed by atoms with Crippen LogP contribution in [0.5, 0.6) is 5.75 Å². The molecule has 2 aromatic carbocycles. The summed E-state index contributed by atoms with van der Waals surface area (Å²) in [7, 11) is 1.35. The molecule has 0 N–H and O–H groups in total. The fourth-order valence-corrected chi connectivity index (χ4v) is 7.05. The topological polar surface area (TPSA) is 98.3 Å². The molecule has 2 aromatic heterocycles. The maximum absolute atomic E-state index is 14.7. The molecule has 1 fully saturated rings. The lowest BCUT2D eigenvalue weighted by Crippen LogP contribution is -2.45. The van der Waals surface area contributed by atoms with Gasteiger partial charge in [-0.05, 0) is 109 Å². The molecule has 4 aromatic rings. The minimum Gasteiger partial charge on any atom is -0.490 e. The second-order valence-corrected chi connectivity index (χ2v) is 14.7. The number of hydrogen-bond donors (Lipinski definition) is 0. The van der Waals surface area contributed by atoms with Crippen LogP contribution >= 0.6 is 0 Å². The summed E-state index contributed by atoms with van der Waals surface area (Å²) in [5.41, 5.74) is 3.84. The molecule has 0 radical (unpaired) electrons. The minimum absolute atomic E-state index is 0.0680. The van der Waals surface area contributed by atoms with E-state index in [0.717, 1.165) is 49.0 Å². The smallest absolute Gasteiger partial charge is 0.339 e. The van der Waals surface area contributed by atoms with Crippen molar-refractivity contribution in [2.75, 3.05) is 31.7 Å². The number of pyridine rings is 1. The van der Waals surface area contributed by atoms with Crippen molar-refractivity contribution in [3.63, 3.8) is 0 Å². The Balaban J connectivity index is 1.60. The van der Waals surface area contributed by atoms with E-state index in [9.17, 15) is 14.4 Å². The van der Waals surface area contributed by atoms with Crippen molar-refractivity contribution in [2.45, 2.75) is 97.1 Å². The lowest BCUT2D eigenvalue weighted by molar-refractivity contribution is -0.164. The summed E-state index contributed by atoms with van der Waals surface area (Å²) in [6.45, 7) is 13.7. The number of fused-ring (bicyclic) bond motifs is 8. The third-order valence-electron chi connectivity index (χ3n) is 9.75. The fourth-order valence-electron chi connectivity index (χ4n) is 7.05. The Morgan fingerprint density at radius 1 is 1.14 bits per heavy atom. The van der Waals surface area contributed by atoms with Gasteiger partial charge in [0.25, 0.3) is 0 Å². The van der Waals surface area contributed by atoms with Crippen LogP contribution in [0.2, 0.25) is 0 Å². The first kappa shape index (κ1) is 35.4. The number of aromatic nitrogens is 2. The summed E-state index contributed by atoms with van der Waals surface area (Å²) in [6.07, 6.45) is 4.96. The number of halogens is 1. The second-order valence-electron chi connectivity index (χ2n) is 14.7. The van der Waals surface area contributed by atoms with E-state index >= 15 is 0 Å². The predicted octanol–water partition coefficient (Wildman–Crippen LogP) is 8.34. The minimum atomic E-state index is -1.09. The number of ether oxygens (including phenoxy) is 4. The van der Waals surface area contributed by atoms with Gasteiger partial charge in [-0.1, -0.05) is 18.2 Å². The van der Waals surface area contributed by atoms with Crippen LogP contribution in [0.3, 0.4) is 0 Å². The van der Waals surface area contributed by atoms with E-state index < -0.39 is 17.7 Å². The Morgan fingerprint density at radius 2 is 1.88 bits per heavy atom. The van der Waals surface area contributed by atoms with Gasteiger partial charge in [-0.15, -0.1) is 0 Å². The Kier molecular flexibility index (Phi) is 9.93. The molecule has 10 heteroatoms. The molecule has 50 heavy (non-hydrogen) atoms. The van der Waals surface area contributed by atoms with Crippen LogP contribution in [0.4, 0.5) is 10.2 Å². The normalized spacial score (nSPS) is 20.5. The first-order valence-electron chi connectivity index (χ1n) is 17.5. The number of carbonyl (C=O) groups is 1. The van der Waals surface area contributed by atoms with Gasteiger partial charge in [0.05, 0.1) is 35.7 Å². The standard InChI is InChI=1S/C40H47FN4O5/c1-25-11-8-9-20-48-40(6)16-18-44(19-17-40)37-34(35(38(46)47-7)50-39(3,4)5)26(2)31(23-42)36-43-32(24-45(36)37)28-13-10-12-27(21-28)30-22-29(41)14-15-33(30)49-25/h10,12-15,21-22,24-25,35H,8-9,11,16-20H2,1-7H3. The number of carbonyl (C=O) groups excluding carboxylic acids is 1. The third kappa shape index (κ3) is 7.21. The summed E-state index contributed by atoms with van der Waals surface area (Å²) in [4.78, 5) is 20.8. The molecule has 2 atom stereocenters. The highest BCUT2D eigenvalue weighted by molar-refractivity contribution is 5.83. The monoisotopic (exact) mass is 682 g/mol. The number of nitrogens with zero attached hydrogens (tertiary/aromatic N) is 4. The molecule has 0 spiro atoms. The van der Waals surface area contributed by atoms with E-state index in [1.807, 2.05) is 69.5 Å². The number of benzene rings is 2. The van der Waals surface area contributed by atoms with Gasteiger partial charge in [-0.2, -0.15) is 5.26 Å². The maximum Gasteiger partial charge on any atom is 0.339 e. The van der Waals surface area contributed by atoms with E-state index in [2.05, 4.69) is 17.9 Å². The molecule has 3 aliphatic rings. The summed E-state index contributed by atoms with van der Waals surface area (Å²) >= 11 is 0. The van der Waals surface area contributed by atoms with E-state index in [1.165, 1.54) is 19.2 Å². The average molecular weight is 683 g/mol. The number of esters is 1. The highest BCUT2D eigenvalue weighted by Gasteiger charge is 2.38. The van der Waals surface area contributed by atoms with Crippen LogP contribution in [0.15, 0.2) is 48.7 Å². The van der Waals surface area contributed by atoms with Crippen molar-refractivity contribution >= 4 is 17.4 Å². The Bertz CT molecular complexity index is 1930. The zero-order chi connectivity index (χ0) is 35.8. The quantitative estimate of drug-likeness (QED) is 0.199. The number of imidazole rings is 1. The Labute approximate surface area is 293 Å². The van der Waals surface area contributed by atoms with Gasteiger partial charge >= 0.3 is 5.97 Å². The Morgan fingerprint density at radius 3 is 2.58 bits per heavy atom. The van der Waals surface area contributed by atoms with Crippen molar-refractivity contribution in [3.05, 3.63) is 71.2 Å². The number of hydrogen-bond acceptors (Lipinski definition) is 8. The summed E-state index contributed by atoms with van der Waals surface area (Å²) < 4.78 is 41.3. The fraction of sp³-hybridized carbons (Fsp3) is 0.475. The third-order valence-corrected chi connectivity index (χ3v) is 9.75. The number of rotatable bonds is 3. The van der Waals surface area contributed by atoms with Gasteiger partial charge in [0.1, 0.15) is 23.5 Å².